The Morgan fingerprint density at radius 1 is 0.951 bits per heavy atom. The maximum absolute atomic E-state index is 12.9. The number of nitrogens with one attached hydrogen (secondary N) is 4. The minimum Gasteiger partial charge on any atom is -0.388 e. The van der Waals surface area contributed by atoms with Crippen molar-refractivity contribution in [1.82, 2.24) is 15.6 Å². The number of fused-ring (bicyclic) bond motifs is 1. The number of nitrogens with zero attached hydrogens (tertiary/aromatic N) is 1. The van der Waals surface area contributed by atoms with Crippen molar-refractivity contribution in [3.8, 4) is 0 Å². The molecule has 0 fully saturated rings. The average Bonchev–Trinajstić information content (AvgIpc) is 3.26. The lowest BCUT2D eigenvalue weighted by Crippen LogP contribution is -2.21. The number of rotatable bonds is 9. The van der Waals surface area contributed by atoms with Crippen LogP contribution in [0.2, 0.25) is 0 Å². The van der Waals surface area contributed by atoms with E-state index in [0.29, 0.717) is 5.56 Å². The van der Waals surface area contributed by atoms with Crippen LogP contribution in [-0.2, 0) is 0 Å². The number of carbonyl (C=O) groups excluding carboxylic acids is 1. The molecule has 2 aromatic carbocycles. The lowest BCUT2D eigenvalue weighted by molar-refractivity contribution is 0.0967. The molecular weight excluding hydrogens is 506 g/mol. The first-order valence-electron chi connectivity index (χ1n) is 14.1. The monoisotopic (exact) mass is 549 g/mol. The van der Waals surface area contributed by atoms with Gasteiger partial charge in [0.25, 0.3) is 5.91 Å². The minimum atomic E-state index is -0.164. The molecule has 0 bridgehead atoms. The summed E-state index contributed by atoms with van der Waals surface area (Å²) in [5.41, 5.74) is 7.08. The van der Waals surface area contributed by atoms with Crippen LogP contribution in [0, 0.1) is 0 Å². The number of anilines is 3. The fourth-order valence-corrected chi connectivity index (χ4v) is 3.84. The molecule has 6 nitrogen and oxygen atoms in total. The van der Waals surface area contributed by atoms with Gasteiger partial charge in [-0.1, -0.05) is 58.6 Å². The summed E-state index contributed by atoms with van der Waals surface area (Å²) in [4.78, 5) is 17.3. The van der Waals surface area contributed by atoms with Crippen LogP contribution in [0.1, 0.15) is 51.4 Å². The van der Waals surface area contributed by atoms with E-state index >= 15 is 0 Å². The lowest BCUT2D eigenvalue weighted by atomic mass is 10.1. The van der Waals surface area contributed by atoms with Crippen molar-refractivity contribution in [2.24, 2.45) is 0 Å². The van der Waals surface area contributed by atoms with E-state index in [-0.39, 0.29) is 5.91 Å². The van der Waals surface area contributed by atoms with E-state index in [9.17, 15) is 4.79 Å². The van der Waals surface area contributed by atoms with Crippen LogP contribution in [0.5, 0.6) is 0 Å². The van der Waals surface area contributed by atoms with Gasteiger partial charge in [-0.3, -0.25) is 9.78 Å². The van der Waals surface area contributed by atoms with Crippen LogP contribution in [-0.4, -0.2) is 17.9 Å². The number of allylic oxidation sites excluding steroid dienone is 8. The van der Waals surface area contributed by atoms with Crippen LogP contribution in [0.25, 0.3) is 10.9 Å². The molecule has 0 aliphatic heterocycles. The molecule has 1 amide bonds. The van der Waals surface area contributed by atoms with Crippen LogP contribution < -0.4 is 21.3 Å². The Hall–Kier alpha value is -4.84. The molecule has 0 saturated carbocycles. The van der Waals surface area contributed by atoms with Crippen molar-refractivity contribution in [3.63, 3.8) is 0 Å². The third-order valence-electron chi connectivity index (χ3n) is 5.84. The summed E-state index contributed by atoms with van der Waals surface area (Å²) in [5.74, 6) is -0.164. The van der Waals surface area contributed by atoms with Crippen LogP contribution in [0.4, 0.5) is 17.1 Å². The second-order valence-corrected chi connectivity index (χ2v) is 8.38. The Morgan fingerprint density at radius 3 is 2.37 bits per heavy atom. The Labute approximate surface area is 245 Å². The molecule has 0 unspecified atom stereocenters. The zero-order chi connectivity index (χ0) is 30.0. The van der Waals surface area contributed by atoms with E-state index in [0.717, 1.165) is 51.5 Å². The van der Waals surface area contributed by atoms with Gasteiger partial charge in [0.15, 0.2) is 0 Å². The summed E-state index contributed by atoms with van der Waals surface area (Å²) in [6.45, 7) is 13.7. The van der Waals surface area contributed by atoms with Gasteiger partial charge in [0.05, 0.1) is 5.52 Å². The highest BCUT2D eigenvalue weighted by atomic mass is 16.1. The van der Waals surface area contributed by atoms with Gasteiger partial charge in [-0.15, -0.1) is 0 Å². The molecule has 3 aromatic rings. The fourth-order valence-electron chi connectivity index (χ4n) is 3.84. The highest BCUT2D eigenvalue weighted by Crippen LogP contribution is 2.27. The number of pyridine rings is 1. The number of carbonyl (C=O) groups is 1. The second kappa shape index (κ2) is 17.7. The Morgan fingerprint density at radius 2 is 1.68 bits per heavy atom. The van der Waals surface area contributed by atoms with Crippen molar-refractivity contribution in [2.45, 2.75) is 41.0 Å². The predicted molar refractivity (Wildman–Crippen MR) is 177 cm³/mol. The largest absolute Gasteiger partial charge is 0.388 e. The number of aromatic nitrogens is 1. The van der Waals surface area contributed by atoms with E-state index in [1.807, 2.05) is 127 Å². The summed E-state index contributed by atoms with van der Waals surface area (Å²) < 4.78 is 0. The summed E-state index contributed by atoms with van der Waals surface area (Å²) in [7, 11) is 1.89. The topological polar surface area (TPSA) is 78.1 Å². The average molecular weight is 550 g/mol. The summed E-state index contributed by atoms with van der Waals surface area (Å²) >= 11 is 0. The number of benzene rings is 2. The lowest BCUT2D eigenvalue weighted by Gasteiger charge is -2.11. The highest BCUT2D eigenvalue weighted by Gasteiger charge is 2.09. The van der Waals surface area contributed by atoms with Crippen LogP contribution in [0.15, 0.2) is 127 Å². The third-order valence-corrected chi connectivity index (χ3v) is 5.84. The first-order chi connectivity index (χ1) is 20.1. The van der Waals surface area contributed by atoms with Gasteiger partial charge in [-0.05, 0) is 79.8 Å². The molecular formula is C35H43N5O. The van der Waals surface area contributed by atoms with Gasteiger partial charge in [0.1, 0.15) is 0 Å². The Balaban J connectivity index is 0.00000141. The summed E-state index contributed by atoms with van der Waals surface area (Å²) in [5, 5.41) is 14.0. The van der Waals surface area contributed by atoms with Crippen molar-refractivity contribution in [2.75, 3.05) is 17.7 Å². The smallest absolute Gasteiger partial charge is 0.255 e. The standard InChI is InChI=1S/C31H31N5O.2C2H6/c1-4-6-8-23(5-2)34-24-9-7-10-25(16-15-24)36-31(37)22-11-13-26(14-12-22)35-30-19-20-33-29-18-17-27(32-3)21-28(29)30;2*1-2/h4-8,10-21,32,34H,1,9H2,2-3H3,(H,33,35)(H,36,37);2*1-2H3/b8-6-,23-5+;;. The third kappa shape index (κ3) is 9.69. The molecule has 0 saturated heterocycles. The minimum absolute atomic E-state index is 0.164. The zero-order valence-corrected chi connectivity index (χ0v) is 25.1. The molecule has 1 heterocycles. The van der Waals surface area contributed by atoms with Gasteiger partial charge < -0.3 is 21.3 Å². The van der Waals surface area contributed by atoms with Gasteiger partial charge in [0.2, 0.25) is 0 Å². The molecule has 1 aromatic heterocycles. The molecule has 4 rings (SSSR count). The first kappa shape index (κ1) is 32.4. The highest BCUT2D eigenvalue weighted by molar-refractivity contribution is 5.97. The zero-order valence-electron chi connectivity index (χ0n) is 25.1. The van der Waals surface area contributed by atoms with Gasteiger partial charge in [-0.2, -0.15) is 0 Å². The van der Waals surface area contributed by atoms with Crippen molar-refractivity contribution in [3.05, 3.63) is 133 Å². The quantitative estimate of drug-likeness (QED) is 0.201. The molecule has 1 aliphatic carbocycles. The van der Waals surface area contributed by atoms with Gasteiger partial charge >= 0.3 is 0 Å². The normalized spacial score (nSPS) is 12.5. The molecule has 6 heteroatoms. The van der Waals surface area contributed by atoms with Crippen molar-refractivity contribution in [1.29, 1.82) is 0 Å². The Kier molecular flexibility index (Phi) is 14.0. The summed E-state index contributed by atoms with van der Waals surface area (Å²) in [6, 6.07) is 15.4. The maximum atomic E-state index is 12.9. The molecule has 214 valence electrons. The number of hydrogen-bond acceptors (Lipinski definition) is 5. The van der Waals surface area contributed by atoms with Gasteiger partial charge in [-0.25, -0.2) is 0 Å². The number of hydrogen-bond donors (Lipinski definition) is 4. The van der Waals surface area contributed by atoms with E-state index < -0.39 is 0 Å². The molecule has 1 aliphatic rings. The van der Waals surface area contributed by atoms with Crippen molar-refractivity contribution >= 4 is 33.9 Å². The van der Waals surface area contributed by atoms with Crippen molar-refractivity contribution < 1.29 is 4.79 Å². The van der Waals surface area contributed by atoms with E-state index in [1.165, 1.54) is 0 Å². The molecule has 0 atom stereocenters. The van der Waals surface area contributed by atoms with Crippen LogP contribution in [0.3, 0.4) is 0 Å². The van der Waals surface area contributed by atoms with E-state index in [1.54, 1.807) is 12.3 Å². The molecule has 4 N–H and O–H groups in total. The SMILES string of the molecule is C=C/C=C\C(=C/C)NC1=CC=C(NC(=O)c2ccc(Nc3ccnc4ccc(NC)cc34)cc2)C=CC1.CC.CC. The van der Waals surface area contributed by atoms with E-state index in [4.69, 9.17) is 0 Å². The number of amides is 1. The first-order valence-corrected chi connectivity index (χ1v) is 14.1. The second-order valence-electron chi connectivity index (χ2n) is 8.38. The fraction of sp³-hybridized carbons (Fsp3) is 0.200. The molecule has 41 heavy (non-hydrogen) atoms. The van der Waals surface area contributed by atoms with E-state index in [2.05, 4.69) is 38.9 Å². The van der Waals surface area contributed by atoms with Crippen LogP contribution >= 0.6 is 0 Å². The Bertz CT molecular complexity index is 1440. The summed E-state index contributed by atoms with van der Waals surface area (Å²) in [6.07, 6.45) is 17.9. The maximum Gasteiger partial charge on any atom is 0.255 e. The predicted octanol–water partition coefficient (Wildman–Crippen LogP) is 8.77. The molecule has 0 spiro atoms. The van der Waals surface area contributed by atoms with Gasteiger partial charge in [0, 0.05) is 64.8 Å². The molecule has 0 radical (unpaired) electrons.